The zero-order valence-corrected chi connectivity index (χ0v) is 6.95. The molecule has 0 aromatic rings. The van der Waals surface area contributed by atoms with Crippen LogP contribution in [0.15, 0.2) is 12.2 Å². The Morgan fingerprint density at radius 2 is 1.89 bits per heavy atom. The summed E-state index contributed by atoms with van der Waals surface area (Å²) in [6.45, 7) is 5.06. The zero-order chi connectivity index (χ0) is 6.41. The SMILES string of the molecule is CC(C)CC=CCN.Cl. The molecule has 0 spiro atoms. The van der Waals surface area contributed by atoms with Crippen molar-refractivity contribution in [2.24, 2.45) is 11.7 Å². The summed E-state index contributed by atoms with van der Waals surface area (Å²) >= 11 is 0. The molecule has 0 aliphatic heterocycles. The standard InChI is InChI=1S/C7H15N.ClH/c1-7(2)5-3-4-6-8;/h3-4,7H,5-6,8H2,1-2H3;1H. The van der Waals surface area contributed by atoms with Gasteiger partial charge in [0.15, 0.2) is 0 Å². The molecule has 0 saturated heterocycles. The first-order valence-corrected chi connectivity index (χ1v) is 3.12. The maximum absolute atomic E-state index is 5.23. The summed E-state index contributed by atoms with van der Waals surface area (Å²) in [5, 5.41) is 0. The number of allylic oxidation sites excluding steroid dienone is 1. The lowest BCUT2D eigenvalue weighted by Gasteiger charge is -1.94. The van der Waals surface area contributed by atoms with Crippen molar-refractivity contribution in [1.29, 1.82) is 0 Å². The Bertz CT molecular complexity index is 69.3. The lowest BCUT2D eigenvalue weighted by atomic mass is 10.1. The maximum atomic E-state index is 5.23. The molecule has 0 aromatic heterocycles. The van der Waals surface area contributed by atoms with Gasteiger partial charge in [0, 0.05) is 6.54 Å². The van der Waals surface area contributed by atoms with Gasteiger partial charge in [0.2, 0.25) is 0 Å². The minimum absolute atomic E-state index is 0. The fourth-order valence-electron chi connectivity index (χ4n) is 0.465. The van der Waals surface area contributed by atoms with Crippen molar-refractivity contribution in [2.45, 2.75) is 20.3 Å². The molecular formula is C7H16ClN. The van der Waals surface area contributed by atoms with E-state index in [2.05, 4.69) is 19.9 Å². The number of rotatable bonds is 3. The Balaban J connectivity index is 0. The van der Waals surface area contributed by atoms with Crippen molar-refractivity contribution in [2.75, 3.05) is 6.54 Å². The summed E-state index contributed by atoms with van der Waals surface area (Å²) in [7, 11) is 0. The Morgan fingerprint density at radius 3 is 2.22 bits per heavy atom. The van der Waals surface area contributed by atoms with Gasteiger partial charge in [-0.05, 0) is 12.3 Å². The quantitative estimate of drug-likeness (QED) is 0.611. The lowest BCUT2D eigenvalue weighted by Crippen LogP contribution is -1.92. The Labute approximate surface area is 63.7 Å². The van der Waals surface area contributed by atoms with Gasteiger partial charge in [0.1, 0.15) is 0 Å². The van der Waals surface area contributed by atoms with Gasteiger partial charge in [0.05, 0.1) is 0 Å². The number of hydrogen-bond donors (Lipinski definition) is 1. The summed E-state index contributed by atoms with van der Waals surface area (Å²) in [5.41, 5.74) is 5.23. The van der Waals surface area contributed by atoms with Gasteiger partial charge in [-0.3, -0.25) is 0 Å². The van der Waals surface area contributed by atoms with Gasteiger partial charge in [-0.25, -0.2) is 0 Å². The number of hydrogen-bond acceptors (Lipinski definition) is 1. The summed E-state index contributed by atoms with van der Waals surface area (Å²) in [4.78, 5) is 0. The highest BCUT2D eigenvalue weighted by Gasteiger charge is 1.84. The van der Waals surface area contributed by atoms with Crippen molar-refractivity contribution < 1.29 is 0 Å². The van der Waals surface area contributed by atoms with E-state index in [1.54, 1.807) is 0 Å². The third kappa shape index (κ3) is 11.5. The first-order valence-electron chi connectivity index (χ1n) is 3.12. The molecule has 2 N–H and O–H groups in total. The molecule has 0 atom stereocenters. The van der Waals surface area contributed by atoms with E-state index in [-0.39, 0.29) is 12.4 Å². The van der Waals surface area contributed by atoms with E-state index in [1.807, 2.05) is 6.08 Å². The van der Waals surface area contributed by atoms with E-state index >= 15 is 0 Å². The third-order valence-corrected chi connectivity index (χ3v) is 0.910. The molecule has 0 aromatic carbocycles. The minimum Gasteiger partial charge on any atom is -0.327 e. The molecule has 0 bridgehead atoms. The van der Waals surface area contributed by atoms with E-state index in [0.29, 0.717) is 6.54 Å². The predicted octanol–water partition coefficient (Wildman–Crippen LogP) is 1.97. The largest absolute Gasteiger partial charge is 0.327 e. The van der Waals surface area contributed by atoms with Crippen molar-refractivity contribution in [3.63, 3.8) is 0 Å². The normalized spacial score (nSPS) is 10.2. The van der Waals surface area contributed by atoms with Crippen LogP contribution in [0.25, 0.3) is 0 Å². The molecule has 0 aliphatic carbocycles. The highest BCUT2D eigenvalue weighted by atomic mass is 35.5. The molecule has 0 amide bonds. The second-order valence-electron chi connectivity index (χ2n) is 2.34. The molecule has 9 heavy (non-hydrogen) atoms. The lowest BCUT2D eigenvalue weighted by molar-refractivity contribution is 0.663. The summed E-state index contributed by atoms with van der Waals surface area (Å²) in [6.07, 6.45) is 5.28. The summed E-state index contributed by atoms with van der Waals surface area (Å²) in [5.74, 6) is 0.762. The van der Waals surface area contributed by atoms with E-state index in [0.717, 1.165) is 12.3 Å². The fourth-order valence-corrected chi connectivity index (χ4v) is 0.465. The molecule has 0 fully saturated rings. The second-order valence-corrected chi connectivity index (χ2v) is 2.34. The predicted molar refractivity (Wildman–Crippen MR) is 44.9 cm³/mol. The van der Waals surface area contributed by atoms with Crippen molar-refractivity contribution in [3.8, 4) is 0 Å². The summed E-state index contributed by atoms with van der Waals surface area (Å²) in [6, 6.07) is 0. The summed E-state index contributed by atoms with van der Waals surface area (Å²) < 4.78 is 0. The van der Waals surface area contributed by atoms with E-state index < -0.39 is 0 Å². The molecule has 2 heteroatoms. The third-order valence-electron chi connectivity index (χ3n) is 0.910. The molecule has 0 rings (SSSR count). The maximum Gasteiger partial charge on any atom is 0.0106 e. The monoisotopic (exact) mass is 149 g/mol. The first-order chi connectivity index (χ1) is 3.77. The van der Waals surface area contributed by atoms with Crippen LogP contribution in [0.1, 0.15) is 20.3 Å². The van der Waals surface area contributed by atoms with Crippen molar-refractivity contribution >= 4 is 12.4 Å². The highest BCUT2D eigenvalue weighted by Crippen LogP contribution is 1.98. The van der Waals surface area contributed by atoms with Crippen molar-refractivity contribution in [3.05, 3.63) is 12.2 Å². The van der Waals surface area contributed by atoms with Crippen molar-refractivity contribution in [1.82, 2.24) is 0 Å². The minimum atomic E-state index is 0. The first kappa shape index (κ1) is 11.7. The molecule has 0 heterocycles. The second kappa shape index (κ2) is 7.99. The van der Waals surface area contributed by atoms with Crippen LogP contribution in [0.2, 0.25) is 0 Å². The van der Waals surface area contributed by atoms with E-state index in [1.165, 1.54) is 0 Å². The van der Waals surface area contributed by atoms with Gasteiger partial charge in [0.25, 0.3) is 0 Å². The topological polar surface area (TPSA) is 26.0 Å². The molecule has 56 valence electrons. The van der Waals surface area contributed by atoms with Crippen LogP contribution in [-0.4, -0.2) is 6.54 Å². The molecule has 1 nitrogen and oxygen atoms in total. The molecule has 0 aliphatic rings. The van der Waals surface area contributed by atoms with Gasteiger partial charge in [-0.1, -0.05) is 26.0 Å². The van der Waals surface area contributed by atoms with E-state index in [4.69, 9.17) is 5.73 Å². The number of nitrogens with two attached hydrogens (primary N) is 1. The van der Waals surface area contributed by atoms with Gasteiger partial charge >= 0.3 is 0 Å². The Kier molecular flexibility index (Phi) is 10.4. The van der Waals surface area contributed by atoms with Crippen LogP contribution in [0, 0.1) is 5.92 Å². The smallest absolute Gasteiger partial charge is 0.0106 e. The van der Waals surface area contributed by atoms with Crippen LogP contribution in [0.4, 0.5) is 0 Å². The van der Waals surface area contributed by atoms with Gasteiger partial charge in [-0.15, -0.1) is 12.4 Å². The van der Waals surface area contributed by atoms with Gasteiger partial charge in [-0.2, -0.15) is 0 Å². The fraction of sp³-hybridized carbons (Fsp3) is 0.714. The van der Waals surface area contributed by atoms with Crippen LogP contribution < -0.4 is 5.73 Å². The Morgan fingerprint density at radius 1 is 1.33 bits per heavy atom. The number of halogens is 1. The van der Waals surface area contributed by atoms with Crippen LogP contribution in [0.5, 0.6) is 0 Å². The molecular weight excluding hydrogens is 134 g/mol. The average Bonchev–Trinajstić information content (AvgIpc) is 1.66. The van der Waals surface area contributed by atoms with Crippen LogP contribution in [0.3, 0.4) is 0 Å². The zero-order valence-electron chi connectivity index (χ0n) is 6.13. The van der Waals surface area contributed by atoms with Gasteiger partial charge < -0.3 is 5.73 Å². The van der Waals surface area contributed by atoms with E-state index in [9.17, 15) is 0 Å². The molecule has 0 unspecified atom stereocenters. The highest BCUT2D eigenvalue weighted by molar-refractivity contribution is 5.85. The van der Waals surface area contributed by atoms with Crippen LogP contribution >= 0.6 is 12.4 Å². The Hall–Kier alpha value is -0.0100. The van der Waals surface area contributed by atoms with Crippen LogP contribution in [-0.2, 0) is 0 Å². The molecule has 0 radical (unpaired) electrons. The average molecular weight is 150 g/mol. The molecule has 0 saturated carbocycles.